The molecular formula is C13H14BrNO3. The molecule has 0 saturated heterocycles. The average molecular weight is 312 g/mol. The molecule has 1 aromatic carbocycles. The van der Waals surface area contributed by atoms with Crippen LogP contribution in [0.25, 0.3) is 0 Å². The summed E-state index contributed by atoms with van der Waals surface area (Å²) in [7, 11) is 1.33. The van der Waals surface area contributed by atoms with Gasteiger partial charge in [-0.25, -0.2) is 4.79 Å². The van der Waals surface area contributed by atoms with Crippen molar-refractivity contribution in [3.8, 4) is 0 Å². The van der Waals surface area contributed by atoms with Crippen LogP contribution >= 0.6 is 15.9 Å². The van der Waals surface area contributed by atoms with Gasteiger partial charge in [-0.2, -0.15) is 0 Å². The number of halogens is 1. The summed E-state index contributed by atoms with van der Waals surface area (Å²) in [5, 5.41) is 0.222. The van der Waals surface area contributed by atoms with Gasteiger partial charge >= 0.3 is 6.09 Å². The molecule has 1 aliphatic heterocycles. The predicted molar refractivity (Wildman–Crippen MR) is 70.8 cm³/mol. The highest BCUT2D eigenvalue weighted by Gasteiger charge is 2.35. The first kappa shape index (κ1) is 13.1. The Hall–Kier alpha value is -1.36. The molecule has 0 bridgehead atoms. The molecule has 0 spiro atoms. The summed E-state index contributed by atoms with van der Waals surface area (Å²) in [5.41, 5.74) is 2.02. The van der Waals surface area contributed by atoms with Crippen LogP contribution in [0, 0.1) is 0 Å². The van der Waals surface area contributed by atoms with Gasteiger partial charge < -0.3 is 4.74 Å². The van der Waals surface area contributed by atoms with Crippen molar-refractivity contribution in [2.75, 3.05) is 19.0 Å². The van der Waals surface area contributed by atoms with Crippen LogP contribution in [0.1, 0.15) is 17.2 Å². The van der Waals surface area contributed by atoms with E-state index in [0.717, 1.165) is 17.5 Å². The molecule has 1 unspecified atom stereocenters. The number of ketones is 1. The molecule has 2 rings (SSSR count). The second-order valence-electron chi connectivity index (χ2n) is 4.11. The molecule has 18 heavy (non-hydrogen) atoms. The number of nitrogens with zero attached hydrogens (tertiary/aromatic N) is 1. The third-order valence-corrected chi connectivity index (χ3v) is 3.68. The van der Waals surface area contributed by atoms with Crippen LogP contribution in [-0.4, -0.2) is 35.8 Å². The first-order valence-electron chi connectivity index (χ1n) is 5.70. The van der Waals surface area contributed by atoms with E-state index in [-0.39, 0.29) is 11.1 Å². The molecule has 0 fully saturated rings. The van der Waals surface area contributed by atoms with Gasteiger partial charge in [-0.3, -0.25) is 9.69 Å². The second kappa shape index (κ2) is 5.52. The zero-order valence-corrected chi connectivity index (χ0v) is 11.6. The van der Waals surface area contributed by atoms with Crippen LogP contribution < -0.4 is 0 Å². The van der Waals surface area contributed by atoms with Gasteiger partial charge in [-0.05, 0) is 17.5 Å². The molecule has 1 aromatic rings. The van der Waals surface area contributed by atoms with Crippen molar-refractivity contribution < 1.29 is 14.3 Å². The smallest absolute Gasteiger partial charge is 0.410 e. The quantitative estimate of drug-likeness (QED) is 0.787. The van der Waals surface area contributed by atoms with Gasteiger partial charge in [0.2, 0.25) is 0 Å². The van der Waals surface area contributed by atoms with Crippen LogP contribution in [0.4, 0.5) is 4.79 Å². The lowest BCUT2D eigenvalue weighted by Crippen LogP contribution is -2.43. The molecule has 4 nitrogen and oxygen atoms in total. The number of carbonyl (C=O) groups excluding carboxylic acids is 2. The van der Waals surface area contributed by atoms with Crippen LogP contribution in [0.2, 0.25) is 0 Å². The highest BCUT2D eigenvalue weighted by Crippen LogP contribution is 2.31. The maximum atomic E-state index is 12.1. The molecule has 0 saturated carbocycles. The van der Waals surface area contributed by atoms with Crippen molar-refractivity contribution in [1.82, 2.24) is 4.90 Å². The zero-order valence-electron chi connectivity index (χ0n) is 10.1. The minimum atomic E-state index is -0.540. The van der Waals surface area contributed by atoms with E-state index in [9.17, 15) is 9.59 Å². The topological polar surface area (TPSA) is 46.6 Å². The monoisotopic (exact) mass is 311 g/mol. The number of benzene rings is 1. The Bertz CT molecular complexity index is 475. The van der Waals surface area contributed by atoms with Crippen LogP contribution in [0.15, 0.2) is 24.3 Å². The summed E-state index contributed by atoms with van der Waals surface area (Å²) in [4.78, 5) is 25.3. The van der Waals surface area contributed by atoms with Crippen molar-refractivity contribution in [2.45, 2.75) is 12.5 Å². The fraction of sp³-hybridized carbons (Fsp3) is 0.385. The number of carbonyl (C=O) groups is 2. The molecule has 1 atom stereocenters. The van der Waals surface area contributed by atoms with E-state index in [2.05, 4.69) is 15.9 Å². The third kappa shape index (κ3) is 2.27. The molecule has 5 heteroatoms. The van der Waals surface area contributed by atoms with Gasteiger partial charge in [0.25, 0.3) is 0 Å². The first-order valence-corrected chi connectivity index (χ1v) is 6.82. The van der Waals surface area contributed by atoms with Gasteiger partial charge in [0.1, 0.15) is 6.04 Å². The molecule has 1 aliphatic rings. The fourth-order valence-corrected chi connectivity index (χ4v) is 2.61. The van der Waals surface area contributed by atoms with E-state index in [4.69, 9.17) is 4.74 Å². The molecular weight excluding hydrogens is 298 g/mol. The summed E-state index contributed by atoms with van der Waals surface area (Å²) in [6.45, 7) is 0.507. The number of hydrogen-bond acceptors (Lipinski definition) is 3. The average Bonchev–Trinajstić information content (AvgIpc) is 2.44. The Kier molecular flexibility index (Phi) is 4.01. The Morgan fingerprint density at radius 3 is 2.83 bits per heavy atom. The number of Topliss-reactive ketones (excluding diaryl/α,β-unsaturated/α-hetero) is 1. The van der Waals surface area contributed by atoms with Gasteiger partial charge in [0.15, 0.2) is 5.78 Å². The molecule has 1 heterocycles. The molecule has 0 aromatic heterocycles. The van der Waals surface area contributed by atoms with Crippen molar-refractivity contribution >= 4 is 27.8 Å². The lowest BCUT2D eigenvalue weighted by molar-refractivity contribution is -0.121. The Labute approximate surface area is 114 Å². The van der Waals surface area contributed by atoms with Crippen molar-refractivity contribution in [2.24, 2.45) is 0 Å². The Balaban J connectivity index is 2.43. The fourth-order valence-electron chi connectivity index (χ4n) is 2.30. The lowest BCUT2D eigenvalue weighted by Gasteiger charge is -2.35. The summed E-state index contributed by atoms with van der Waals surface area (Å²) in [6, 6.07) is 7.19. The van der Waals surface area contributed by atoms with E-state index in [1.165, 1.54) is 12.0 Å². The first-order chi connectivity index (χ1) is 8.69. The van der Waals surface area contributed by atoms with E-state index in [1.807, 2.05) is 24.3 Å². The van der Waals surface area contributed by atoms with Gasteiger partial charge in [0.05, 0.1) is 12.4 Å². The van der Waals surface area contributed by atoms with Crippen molar-refractivity contribution in [3.05, 3.63) is 35.4 Å². The van der Waals surface area contributed by atoms with Crippen LogP contribution in [0.3, 0.4) is 0 Å². The number of methoxy groups -OCH3 is 1. The second-order valence-corrected chi connectivity index (χ2v) is 4.68. The van der Waals surface area contributed by atoms with Gasteiger partial charge in [-0.15, -0.1) is 0 Å². The highest BCUT2D eigenvalue weighted by atomic mass is 79.9. The lowest BCUT2D eigenvalue weighted by atomic mass is 9.91. The van der Waals surface area contributed by atoms with Crippen molar-refractivity contribution in [3.63, 3.8) is 0 Å². The number of amides is 1. The summed E-state index contributed by atoms with van der Waals surface area (Å²) >= 11 is 3.17. The Morgan fingerprint density at radius 2 is 2.17 bits per heavy atom. The summed E-state index contributed by atoms with van der Waals surface area (Å²) < 4.78 is 4.75. The minimum absolute atomic E-state index is 0.0347. The zero-order chi connectivity index (χ0) is 13.1. The van der Waals surface area contributed by atoms with Crippen molar-refractivity contribution in [1.29, 1.82) is 0 Å². The third-order valence-electron chi connectivity index (χ3n) is 3.13. The van der Waals surface area contributed by atoms with Gasteiger partial charge in [0, 0.05) is 6.54 Å². The normalized spacial score (nSPS) is 18.1. The molecule has 96 valence electrons. The number of rotatable bonds is 2. The summed E-state index contributed by atoms with van der Waals surface area (Å²) in [6.07, 6.45) is 0.293. The van der Waals surface area contributed by atoms with E-state index in [1.54, 1.807) is 0 Å². The predicted octanol–water partition coefficient (Wildman–Crippen LogP) is 2.32. The molecule has 0 N–H and O–H groups in total. The van der Waals surface area contributed by atoms with E-state index in [0.29, 0.717) is 6.54 Å². The molecule has 0 aliphatic carbocycles. The SMILES string of the molecule is COC(=O)N1CCc2ccccc2C1C(=O)CBr. The van der Waals surface area contributed by atoms with Crippen LogP contribution in [0.5, 0.6) is 0 Å². The standard InChI is InChI=1S/C13H14BrNO3/c1-18-13(17)15-7-6-9-4-2-3-5-10(9)12(15)11(16)8-14/h2-5,12H,6-8H2,1H3. The number of alkyl halides is 1. The largest absolute Gasteiger partial charge is 0.453 e. The van der Waals surface area contributed by atoms with E-state index < -0.39 is 12.1 Å². The highest BCUT2D eigenvalue weighted by molar-refractivity contribution is 9.09. The number of ether oxygens (including phenoxy) is 1. The molecule has 1 amide bonds. The van der Waals surface area contributed by atoms with E-state index >= 15 is 0 Å². The Morgan fingerprint density at radius 1 is 1.44 bits per heavy atom. The minimum Gasteiger partial charge on any atom is -0.453 e. The maximum Gasteiger partial charge on any atom is 0.410 e. The number of fused-ring (bicyclic) bond motifs is 1. The summed E-state index contributed by atoms with van der Waals surface area (Å²) in [5.74, 6) is -0.0347. The maximum absolute atomic E-state index is 12.1. The van der Waals surface area contributed by atoms with Gasteiger partial charge in [-0.1, -0.05) is 40.2 Å². The molecule has 0 radical (unpaired) electrons. The van der Waals surface area contributed by atoms with Crippen LogP contribution in [-0.2, 0) is 16.0 Å². The number of hydrogen-bond donors (Lipinski definition) is 0.